The van der Waals surface area contributed by atoms with Gasteiger partial charge in [-0.05, 0) is 0 Å². The van der Waals surface area contributed by atoms with Gasteiger partial charge in [-0.25, -0.2) is 14.5 Å². The van der Waals surface area contributed by atoms with Crippen LogP contribution in [0, 0.1) is 0 Å². The molecule has 0 atom stereocenters. The van der Waals surface area contributed by atoms with E-state index < -0.39 is 5.97 Å². The Morgan fingerprint density at radius 3 is 2.67 bits per heavy atom. The first-order valence-electron chi connectivity index (χ1n) is 6.05. The number of aromatic nitrogens is 8. The highest BCUT2D eigenvalue weighted by molar-refractivity contribution is 5.92. The summed E-state index contributed by atoms with van der Waals surface area (Å²) in [5.74, 6) is -1.14. The van der Waals surface area contributed by atoms with Gasteiger partial charge in [0.1, 0.15) is 11.4 Å². The van der Waals surface area contributed by atoms with Crippen LogP contribution in [0.25, 0.3) is 11.4 Å². The summed E-state index contributed by atoms with van der Waals surface area (Å²) in [6.45, 7) is 0.272. The van der Waals surface area contributed by atoms with E-state index in [1.807, 2.05) is 0 Å². The highest BCUT2D eigenvalue weighted by Gasteiger charge is 2.23. The molecule has 0 aromatic carbocycles. The molecule has 0 unspecified atom stereocenters. The molecule has 0 saturated heterocycles. The molecule has 0 radical (unpaired) electrons. The minimum absolute atomic E-state index is 0.123. The van der Waals surface area contributed by atoms with E-state index in [9.17, 15) is 9.90 Å². The highest BCUT2D eigenvalue weighted by Crippen LogP contribution is 2.22. The van der Waals surface area contributed by atoms with Crippen LogP contribution in [0.2, 0.25) is 0 Å². The van der Waals surface area contributed by atoms with Gasteiger partial charge in [0.05, 0.1) is 31.0 Å². The predicted molar refractivity (Wildman–Crippen MR) is 69.3 cm³/mol. The molecule has 10 heteroatoms. The van der Waals surface area contributed by atoms with Crippen LogP contribution in [0.4, 0.5) is 0 Å². The van der Waals surface area contributed by atoms with Gasteiger partial charge in [0, 0.05) is 14.1 Å². The van der Waals surface area contributed by atoms with Crippen molar-refractivity contribution in [2.24, 2.45) is 14.1 Å². The second-order valence-corrected chi connectivity index (χ2v) is 4.52. The lowest BCUT2D eigenvalue weighted by molar-refractivity contribution is 0.0691. The van der Waals surface area contributed by atoms with Crippen molar-refractivity contribution in [2.45, 2.75) is 6.54 Å². The van der Waals surface area contributed by atoms with E-state index in [1.54, 1.807) is 42.1 Å². The first-order valence-corrected chi connectivity index (χ1v) is 6.05. The molecule has 10 nitrogen and oxygen atoms in total. The predicted octanol–water partition coefficient (Wildman–Crippen LogP) is -0.446. The summed E-state index contributed by atoms with van der Waals surface area (Å²) >= 11 is 0. The average molecular weight is 288 g/mol. The van der Waals surface area contributed by atoms with E-state index in [1.165, 1.54) is 4.68 Å². The lowest BCUT2D eigenvalue weighted by Gasteiger charge is -2.05. The van der Waals surface area contributed by atoms with Gasteiger partial charge in [-0.1, -0.05) is 10.4 Å². The summed E-state index contributed by atoms with van der Waals surface area (Å²) in [6.07, 6.45) is 4.88. The van der Waals surface area contributed by atoms with Gasteiger partial charge in [-0.15, -0.1) is 10.2 Å². The molecule has 0 saturated carbocycles. The lowest BCUT2D eigenvalue weighted by Crippen LogP contribution is -2.08. The summed E-state index contributed by atoms with van der Waals surface area (Å²) in [5.41, 5.74) is 1.53. The molecule has 0 bridgehead atoms. The molecule has 0 spiro atoms. The van der Waals surface area contributed by atoms with E-state index in [-0.39, 0.29) is 12.2 Å². The summed E-state index contributed by atoms with van der Waals surface area (Å²) in [4.78, 5) is 15.3. The van der Waals surface area contributed by atoms with Gasteiger partial charge in [0.15, 0.2) is 5.69 Å². The zero-order valence-corrected chi connectivity index (χ0v) is 11.4. The molecule has 3 rings (SSSR count). The van der Waals surface area contributed by atoms with Crippen molar-refractivity contribution in [3.8, 4) is 11.4 Å². The molecular formula is C11H12N8O2. The molecule has 0 aliphatic carbocycles. The van der Waals surface area contributed by atoms with Crippen molar-refractivity contribution in [3.05, 3.63) is 30.1 Å². The molecule has 3 aromatic rings. The second-order valence-electron chi connectivity index (χ2n) is 4.52. The summed E-state index contributed by atoms with van der Waals surface area (Å²) < 4.78 is 4.75. The summed E-state index contributed by atoms with van der Waals surface area (Å²) in [6, 6.07) is 0. The maximum Gasteiger partial charge on any atom is 0.358 e. The third-order valence-corrected chi connectivity index (χ3v) is 2.96. The van der Waals surface area contributed by atoms with Gasteiger partial charge < -0.3 is 9.67 Å². The smallest absolute Gasteiger partial charge is 0.358 e. The Bertz CT molecular complexity index is 799. The molecule has 1 N–H and O–H groups in total. The number of rotatable bonds is 4. The van der Waals surface area contributed by atoms with Gasteiger partial charge in [-0.3, -0.25) is 4.68 Å². The molecule has 0 aliphatic rings. The van der Waals surface area contributed by atoms with Gasteiger partial charge >= 0.3 is 5.97 Å². The third-order valence-electron chi connectivity index (χ3n) is 2.96. The first kappa shape index (κ1) is 13.0. The number of imidazole rings is 1. The largest absolute Gasteiger partial charge is 0.476 e. The fourth-order valence-corrected chi connectivity index (χ4v) is 2.03. The van der Waals surface area contributed by atoms with Crippen LogP contribution in [0.1, 0.15) is 16.2 Å². The summed E-state index contributed by atoms with van der Waals surface area (Å²) in [5, 5.41) is 24.7. The van der Waals surface area contributed by atoms with Crippen LogP contribution in [-0.2, 0) is 20.6 Å². The van der Waals surface area contributed by atoms with Gasteiger partial charge in [0.2, 0.25) is 0 Å². The number of aromatic carboxylic acids is 1. The minimum atomic E-state index is -1.14. The second kappa shape index (κ2) is 4.81. The topological polar surface area (TPSA) is 117 Å². The van der Waals surface area contributed by atoms with Crippen molar-refractivity contribution in [1.29, 1.82) is 0 Å². The number of carboxylic acid groups (broad SMARTS) is 1. The van der Waals surface area contributed by atoms with Crippen LogP contribution >= 0.6 is 0 Å². The lowest BCUT2D eigenvalue weighted by atomic mass is 10.2. The number of nitrogens with zero attached hydrogens (tertiary/aromatic N) is 8. The number of carbonyl (C=O) groups is 1. The van der Waals surface area contributed by atoms with Crippen molar-refractivity contribution >= 4 is 5.97 Å². The molecule has 108 valence electrons. The Hall–Kier alpha value is -3.04. The molecular weight excluding hydrogens is 276 g/mol. The Labute approximate surface area is 118 Å². The van der Waals surface area contributed by atoms with E-state index in [4.69, 9.17) is 0 Å². The third kappa shape index (κ3) is 2.26. The molecule has 0 fully saturated rings. The maximum atomic E-state index is 11.3. The monoisotopic (exact) mass is 288 g/mol. The average Bonchev–Trinajstić information content (AvgIpc) is 3.11. The number of aryl methyl sites for hydroxylation is 2. The molecule has 21 heavy (non-hydrogen) atoms. The van der Waals surface area contributed by atoms with E-state index in [0.717, 1.165) is 0 Å². The molecule has 0 aliphatic heterocycles. The van der Waals surface area contributed by atoms with Crippen LogP contribution in [0.15, 0.2) is 18.7 Å². The Balaban J connectivity index is 2.09. The molecule has 3 heterocycles. The van der Waals surface area contributed by atoms with Gasteiger partial charge in [0.25, 0.3) is 0 Å². The summed E-state index contributed by atoms with van der Waals surface area (Å²) in [7, 11) is 3.52. The fourth-order valence-electron chi connectivity index (χ4n) is 2.03. The quantitative estimate of drug-likeness (QED) is 0.691. The Kier molecular flexibility index (Phi) is 2.97. The zero-order valence-electron chi connectivity index (χ0n) is 11.4. The fraction of sp³-hybridized carbons (Fsp3) is 0.273. The number of hydrogen-bond donors (Lipinski definition) is 1. The van der Waals surface area contributed by atoms with Gasteiger partial charge in [-0.2, -0.15) is 0 Å². The van der Waals surface area contributed by atoms with Crippen LogP contribution in [-0.4, -0.2) is 50.6 Å². The highest BCUT2D eigenvalue weighted by atomic mass is 16.4. The standard InChI is InChI=1S/C11H12N8O2/c1-17-6-12-3-8(17)10-9(11(20)21)14-16-19(10)5-7-4-18(2)15-13-7/h3-4,6H,5H2,1-2H3,(H,20,21). The Morgan fingerprint density at radius 1 is 1.29 bits per heavy atom. The molecule has 3 aromatic heterocycles. The van der Waals surface area contributed by atoms with Crippen molar-refractivity contribution in [2.75, 3.05) is 0 Å². The Morgan fingerprint density at radius 2 is 2.10 bits per heavy atom. The van der Waals surface area contributed by atoms with Crippen molar-refractivity contribution in [3.63, 3.8) is 0 Å². The van der Waals surface area contributed by atoms with E-state index in [0.29, 0.717) is 17.1 Å². The van der Waals surface area contributed by atoms with Crippen LogP contribution in [0.5, 0.6) is 0 Å². The molecule has 0 amide bonds. The SMILES string of the molecule is Cn1cc(Cn2nnc(C(=O)O)c2-c2cncn2C)nn1. The zero-order chi connectivity index (χ0) is 15.0. The van der Waals surface area contributed by atoms with Crippen molar-refractivity contribution < 1.29 is 9.90 Å². The van der Waals surface area contributed by atoms with Crippen LogP contribution in [0.3, 0.4) is 0 Å². The van der Waals surface area contributed by atoms with E-state index in [2.05, 4.69) is 25.6 Å². The number of hydrogen-bond acceptors (Lipinski definition) is 6. The van der Waals surface area contributed by atoms with Crippen molar-refractivity contribution in [1.82, 2.24) is 39.5 Å². The first-order chi connectivity index (χ1) is 10.1. The van der Waals surface area contributed by atoms with E-state index >= 15 is 0 Å². The minimum Gasteiger partial charge on any atom is -0.476 e. The normalized spacial score (nSPS) is 11.0. The van der Waals surface area contributed by atoms with Crippen LogP contribution < -0.4 is 0 Å². The maximum absolute atomic E-state index is 11.3. The number of carboxylic acids is 1.